The van der Waals surface area contributed by atoms with Crippen molar-refractivity contribution in [3.8, 4) is 17.4 Å². The minimum Gasteiger partial charge on any atom is -0.455 e. The number of nitriles is 1. The summed E-state index contributed by atoms with van der Waals surface area (Å²) in [6.07, 6.45) is 1.41. The zero-order chi connectivity index (χ0) is 19.2. The predicted molar refractivity (Wildman–Crippen MR) is 102 cm³/mol. The van der Waals surface area contributed by atoms with Gasteiger partial charge in [0.05, 0.1) is 16.6 Å². The quantitative estimate of drug-likeness (QED) is 0.312. The van der Waals surface area contributed by atoms with Crippen LogP contribution in [0.25, 0.3) is 11.3 Å². The molecule has 0 aliphatic heterocycles. The molecule has 0 saturated carbocycles. The fourth-order valence-corrected chi connectivity index (χ4v) is 2.90. The molecular formula is C19H12BrN3O4. The highest BCUT2D eigenvalue weighted by atomic mass is 79.9. The molecule has 0 spiro atoms. The highest BCUT2D eigenvalue weighted by Crippen LogP contribution is 2.32. The molecule has 1 heterocycles. The first-order valence-electron chi connectivity index (χ1n) is 7.76. The van der Waals surface area contributed by atoms with E-state index in [1.54, 1.807) is 36.4 Å². The van der Waals surface area contributed by atoms with Crippen molar-refractivity contribution < 1.29 is 14.2 Å². The highest BCUT2D eigenvalue weighted by Gasteiger charge is 2.13. The lowest BCUT2D eigenvalue weighted by molar-refractivity contribution is -0.384. The predicted octanol–water partition coefficient (Wildman–Crippen LogP) is 5.04. The van der Waals surface area contributed by atoms with Crippen LogP contribution >= 0.6 is 15.9 Å². The lowest BCUT2D eigenvalue weighted by Crippen LogP contribution is -1.91. The second kappa shape index (κ2) is 8.29. The van der Waals surface area contributed by atoms with Gasteiger partial charge in [0.1, 0.15) is 24.3 Å². The highest BCUT2D eigenvalue weighted by molar-refractivity contribution is 9.10. The monoisotopic (exact) mass is 425 g/mol. The standard InChI is InChI=1S/C19H12BrN3O4/c20-18-9-15(23(24)25)5-7-17(18)19-8-6-16(27-19)11-22-26-12-14-4-2-1-3-13(14)10-21/h1-9,11H,12H2/b22-11+. The Morgan fingerprint density at radius 3 is 2.81 bits per heavy atom. The summed E-state index contributed by atoms with van der Waals surface area (Å²) in [6.45, 7) is 0.168. The van der Waals surface area contributed by atoms with Crippen LogP contribution in [-0.4, -0.2) is 11.1 Å². The van der Waals surface area contributed by atoms with Crippen molar-refractivity contribution in [2.45, 2.75) is 6.61 Å². The second-order valence-electron chi connectivity index (χ2n) is 5.40. The molecule has 3 aromatic rings. The van der Waals surface area contributed by atoms with Crippen LogP contribution in [0.15, 0.2) is 68.6 Å². The van der Waals surface area contributed by atoms with E-state index in [-0.39, 0.29) is 12.3 Å². The second-order valence-corrected chi connectivity index (χ2v) is 6.25. The SMILES string of the molecule is N#Cc1ccccc1CO/N=C/c1ccc(-c2ccc([N+](=O)[O-])cc2Br)o1. The van der Waals surface area contributed by atoms with Crippen LogP contribution in [0.2, 0.25) is 0 Å². The molecule has 8 heteroatoms. The molecule has 0 radical (unpaired) electrons. The Morgan fingerprint density at radius 1 is 1.26 bits per heavy atom. The average Bonchev–Trinajstić information content (AvgIpc) is 3.14. The molecule has 0 fully saturated rings. The van der Waals surface area contributed by atoms with Gasteiger partial charge in [-0.05, 0) is 40.2 Å². The number of rotatable bonds is 6. The van der Waals surface area contributed by atoms with Gasteiger partial charge in [-0.3, -0.25) is 10.1 Å². The molecular weight excluding hydrogens is 414 g/mol. The van der Waals surface area contributed by atoms with Crippen LogP contribution in [-0.2, 0) is 11.4 Å². The van der Waals surface area contributed by atoms with Gasteiger partial charge in [0.2, 0.25) is 0 Å². The van der Waals surface area contributed by atoms with Gasteiger partial charge >= 0.3 is 0 Å². The van der Waals surface area contributed by atoms with E-state index in [1.807, 2.05) is 6.07 Å². The Balaban J connectivity index is 1.67. The van der Waals surface area contributed by atoms with E-state index in [4.69, 9.17) is 14.5 Å². The fraction of sp³-hybridized carbons (Fsp3) is 0.0526. The van der Waals surface area contributed by atoms with Crippen molar-refractivity contribution in [1.82, 2.24) is 0 Å². The lowest BCUT2D eigenvalue weighted by atomic mass is 10.1. The molecule has 0 aliphatic rings. The van der Waals surface area contributed by atoms with E-state index in [0.29, 0.717) is 27.1 Å². The normalized spacial score (nSPS) is 10.7. The van der Waals surface area contributed by atoms with Gasteiger partial charge in [-0.1, -0.05) is 23.4 Å². The molecule has 2 aromatic carbocycles. The zero-order valence-corrected chi connectivity index (χ0v) is 15.4. The van der Waals surface area contributed by atoms with Crippen molar-refractivity contribution in [3.63, 3.8) is 0 Å². The summed E-state index contributed by atoms with van der Waals surface area (Å²) in [5, 5.41) is 23.7. The summed E-state index contributed by atoms with van der Waals surface area (Å²) in [7, 11) is 0. The Labute approximate surface area is 162 Å². The third-order valence-electron chi connectivity index (χ3n) is 3.67. The van der Waals surface area contributed by atoms with E-state index in [0.717, 1.165) is 5.56 Å². The van der Waals surface area contributed by atoms with Crippen molar-refractivity contribution in [1.29, 1.82) is 5.26 Å². The number of hydrogen-bond acceptors (Lipinski definition) is 6. The lowest BCUT2D eigenvalue weighted by Gasteiger charge is -2.01. The largest absolute Gasteiger partial charge is 0.455 e. The number of oxime groups is 1. The van der Waals surface area contributed by atoms with E-state index in [1.165, 1.54) is 18.3 Å². The molecule has 1 aromatic heterocycles. The molecule has 134 valence electrons. The molecule has 0 atom stereocenters. The fourth-order valence-electron chi connectivity index (χ4n) is 2.34. The summed E-state index contributed by atoms with van der Waals surface area (Å²) in [5.74, 6) is 0.997. The third-order valence-corrected chi connectivity index (χ3v) is 4.32. The summed E-state index contributed by atoms with van der Waals surface area (Å²) in [6, 6.07) is 17.1. The van der Waals surface area contributed by atoms with Crippen LogP contribution in [0, 0.1) is 21.4 Å². The summed E-state index contributed by atoms with van der Waals surface area (Å²) in [5.41, 5.74) is 1.96. The minimum atomic E-state index is -0.462. The van der Waals surface area contributed by atoms with Gasteiger partial charge < -0.3 is 9.25 Å². The Kier molecular flexibility index (Phi) is 5.64. The number of non-ortho nitro benzene ring substituents is 1. The minimum absolute atomic E-state index is 0.00924. The van der Waals surface area contributed by atoms with Crippen molar-refractivity contribution in [2.24, 2.45) is 5.16 Å². The van der Waals surface area contributed by atoms with Gasteiger partial charge in [-0.25, -0.2) is 0 Å². The number of nitro benzene ring substituents is 1. The first-order valence-corrected chi connectivity index (χ1v) is 8.55. The van der Waals surface area contributed by atoms with Crippen LogP contribution in [0.3, 0.4) is 0 Å². The molecule has 0 N–H and O–H groups in total. The molecule has 0 saturated heterocycles. The summed E-state index contributed by atoms with van der Waals surface area (Å²) < 4.78 is 6.22. The van der Waals surface area contributed by atoms with Crippen LogP contribution in [0.4, 0.5) is 5.69 Å². The van der Waals surface area contributed by atoms with Gasteiger partial charge in [-0.2, -0.15) is 5.26 Å². The first kappa shape index (κ1) is 18.4. The van der Waals surface area contributed by atoms with Gasteiger partial charge in [0.15, 0.2) is 0 Å². The average molecular weight is 426 g/mol. The number of nitrogens with zero attached hydrogens (tertiary/aromatic N) is 3. The number of halogens is 1. The van der Waals surface area contributed by atoms with Crippen molar-refractivity contribution >= 4 is 27.8 Å². The van der Waals surface area contributed by atoms with Crippen molar-refractivity contribution in [2.75, 3.05) is 0 Å². The maximum atomic E-state index is 10.8. The first-order chi connectivity index (χ1) is 13.1. The number of benzene rings is 2. The summed E-state index contributed by atoms with van der Waals surface area (Å²) in [4.78, 5) is 15.6. The third kappa shape index (κ3) is 4.40. The molecule has 3 rings (SSSR count). The van der Waals surface area contributed by atoms with Gasteiger partial charge in [0, 0.05) is 27.7 Å². The zero-order valence-electron chi connectivity index (χ0n) is 13.8. The molecule has 27 heavy (non-hydrogen) atoms. The van der Waals surface area contributed by atoms with Gasteiger partial charge in [-0.15, -0.1) is 0 Å². The molecule has 0 bridgehead atoms. The topological polar surface area (TPSA) is 102 Å². The Bertz CT molecular complexity index is 1050. The smallest absolute Gasteiger partial charge is 0.270 e. The molecule has 0 aliphatic carbocycles. The maximum absolute atomic E-state index is 10.8. The van der Waals surface area contributed by atoms with Crippen LogP contribution in [0.5, 0.6) is 0 Å². The van der Waals surface area contributed by atoms with Gasteiger partial charge in [0.25, 0.3) is 5.69 Å². The van der Waals surface area contributed by atoms with Crippen molar-refractivity contribution in [3.05, 3.63) is 86.1 Å². The molecule has 0 amide bonds. The Hall–Kier alpha value is -3.44. The van der Waals surface area contributed by atoms with Crippen LogP contribution in [0.1, 0.15) is 16.9 Å². The number of furan rings is 1. The van der Waals surface area contributed by atoms with E-state index < -0.39 is 4.92 Å². The summed E-state index contributed by atoms with van der Waals surface area (Å²) >= 11 is 3.32. The Morgan fingerprint density at radius 2 is 2.07 bits per heavy atom. The van der Waals surface area contributed by atoms with E-state index in [9.17, 15) is 10.1 Å². The van der Waals surface area contributed by atoms with E-state index >= 15 is 0 Å². The van der Waals surface area contributed by atoms with E-state index in [2.05, 4.69) is 27.2 Å². The molecule has 7 nitrogen and oxygen atoms in total. The van der Waals surface area contributed by atoms with Crippen LogP contribution < -0.4 is 0 Å². The molecule has 0 unspecified atom stereocenters. The number of hydrogen-bond donors (Lipinski definition) is 0. The number of nitro groups is 1. The maximum Gasteiger partial charge on any atom is 0.270 e.